The lowest BCUT2D eigenvalue weighted by molar-refractivity contribution is -0.133. The number of nitrogens with one attached hydrogen (secondary N) is 1. The van der Waals surface area contributed by atoms with E-state index in [2.05, 4.69) is 35.0 Å². The van der Waals surface area contributed by atoms with Gasteiger partial charge in [0, 0.05) is 43.0 Å². The number of aromatic amines is 1. The van der Waals surface area contributed by atoms with Gasteiger partial charge in [0.25, 0.3) is 0 Å². The maximum absolute atomic E-state index is 12.7. The Morgan fingerprint density at radius 2 is 2.10 bits per heavy atom. The number of carbonyl (C=O) groups is 1. The molecule has 0 spiro atoms. The van der Waals surface area contributed by atoms with Gasteiger partial charge >= 0.3 is 0 Å². The van der Waals surface area contributed by atoms with Gasteiger partial charge < -0.3 is 19.1 Å². The number of aromatic nitrogens is 3. The van der Waals surface area contributed by atoms with Gasteiger partial charge in [-0.3, -0.25) is 4.79 Å². The standard InChI is InChI=1S/C23H30N4O3/c1-16(2)13-22-25-21(26-30-22)9-12-29-18-7-10-27(11-8-18)23(28)14-17-15-24-20-6-4-3-5-19(17)20/h3-6,15-16,18,24H,7-14H2,1-2H3. The van der Waals surface area contributed by atoms with E-state index in [1.54, 1.807) is 0 Å². The molecule has 4 rings (SSSR count). The number of benzene rings is 1. The second kappa shape index (κ2) is 9.43. The molecule has 1 aromatic carbocycles. The zero-order valence-corrected chi connectivity index (χ0v) is 17.8. The highest BCUT2D eigenvalue weighted by Crippen LogP contribution is 2.20. The number of rotatable bonds is 8. The van der Waals surface area contributed by atoms with E-state index in [1.807, 2.05) is 29.3 Å². The Labute approximate surface area is 176 Å². The van der Waals surface area contributed by atoms with Gasteiger partial charge in [0.1, 0.15) is 0 Å². The minimum absolute atomic E-state index is 0.183. The molecule has 0 aliphatic carbocycles. The van der Waals surface area contributed by atoms with Crippen molar-refractivity contribution >= 4 is 16.8 Å². The summed E-state index contributed by atoms with van der Waals surface area (Å²) >= 11 is 0. The number of ether oxygens (including phenoxy) is 1. The highest BCUT2D eigenvalue weighted by molar-refractivity contribution is 5.88. The summed E-state index contributed by atoms with van der Waals surface area (Å²) in [6.07, 6.45) is 5.76. The first kappa shape index (κ1) is 20.6. The second-order valence-electron chi connectivity index (χ2n) is 8.44. The molecule has 1 amide bonds. The van der Waals surface area contributed by atoms with Crippen LogP contribution in [0, 0.1) is 5.92 Å². The van der Waals surface area contributed by atoms with Gasteiger partial charge in [-0.2, -0.15) is 4.98 Å². The lowest BCUT2D eigenvalue weighted by atomic mass is 10.1. The minimum Gasteiger partial charge on any atom is -0.378 e. The lowest BCUT2D eigenvalue weighted by Gasteiger charge is -2.32. The van der Waals surface area contributed by atoms with Crippen LogP contribution in [0.1, 0.15) is 44.0 Å². The summed E-state index contributed by atoms with van der Waals surface area (Å²) in [4.78, 5) is 22.4. The molecule has 3 heterocycles. The molecule has 1 N–H and O–H groups in total. The maximum Gasteiger partial charge on any atom is 0.227 e. The Morgan fingerprint density at radius 3 is 2.90 bits per heavy atom. The summed E-state index contributed by atoms with van der Waals surface area (Å²) in [7, 11) is 0. The Kier molecular flexibility index (Phi) is 6.47. The number of carbonyl (C=O) groups excluding carboxylic acids is 1. The monoisotopic (exact) mass is 410 g/mol. The average Bonchev–Trinajstić information content (AvgIpc) is 3.35. The van der Waals surface area contributed by atoms with Crippen molar-refractivity contribution in [1.29, 1.82) is 0 Å². The number of amides is 1. The number of hydrogen-bond donors (Lipinski definition) is 1. The highest BCUT2D eigenvalue weighted by atomic mass is 16.5. The van der Waals surface area contributed by atoms with Crippen molar-refractivity contribution in [3.8, 4) is 0 Å². The van der Waals surface area contributed by atoms with Gasteiger partial charge in [0.05, 0.1) is 19.1 Å². The molecule has 2 aromatic heterocycles. The van der Waals surface area contributed by atoms with Gasteiger partial charge in [-0.25, -0.2) is 0 Å². The van der Waals surface area contributed by atoms with Gasteiger partial charge in [0.2, 0.25) is 11.8 Å². The van der Waals surface area contributed by atoms with Crippen molar-refractivity contribution in [3.05, 3.63) is 47.7 Å². The van der Waals surface area contributed by atoms with E-state index >= 15 is 0 Å². The fraction of sp³-hybridized carbons (Fsp3) is 0.522. The van der Waals surface area contributed by atoms with Crippen LogP contribution in [0.15, 0.2) is 35.0 Å². The first-order chi connectivity index (χ1) is 14.6. The molecule has 0 radical (unpaired) electrons. The first-order valence-electron chi connectivity index (χ1n) is 10.8. The summed E-state index contributed by atoms with van der Waals surface area (Å²) < 4.78 is 11.3. The molecule has 0 atom stereocenters. The van der Waals surface area contributed by atoms with Gasteiger partial charge in [-0.15, -0.1) is 0 Å². The zero-order chi connectivity index (χ0) is 20.9. The van der Waals surface area contributed by atoms with Gasteiger partial charge in [0.15, 0.2) is 5.82 Å². The van der Waals surface area contributed by atoms with E-state index in [4.69, 9.17) is 9.26 Å². The van der Waals surface area contributed by atoms with Crippen molar-refractivity contribution in [2.24, 2.45) is 5.92 Å². The van der Waals surface area contributed by atoms with E-state index in [0.29, 0.717) is 37.1 Å². The molecule has 1 saturated heterocycles. The SMILES string of the molecule is CC(C)Cc1nc(CCOC2CCN(C(=O)Cc3c[nH]c4ccccc34)CC2)no1. The highest BCUT2D eigenvalue weighted by Gasteiger charge is 2.24. The summed E-state index contributed by atoms with van der Waals surface area (Å²) in [6.45, 7) is 6.32. The van der Waals surface area contributed by atoms with E-state index in [0.717, 1.165) is 48.8 Å². The summed E-state index contributed by atoms with van der Waals surface area (Å²) in [5.41, 5.74) is 2.14. The van der Waals surface area contributed by atoms with Gasteiger partial charge in [-0.05, 0) is 30.4 Å². The van der Waals surface area contributed by atoms with Crippen LogP contribution in [0.25, 0.3) is 10.9 Å². The number of likely N-dealkylation sites (tertiary alicyclic amines) is 1. The molecule has 1 aliphatic heterocycles. The number of para-hydroxylation sites is 1. The Hall–Kier alpha value is -2.67. The van der Waals surface area contributed by atoms with Crippen LogP contribution in [0.5, 0.6) is 0 Å². The number of piperidine rings is 1. The summed E-state index contributed by atoms with van der Waals surface area (Å²) in [5, 5.41) is 5.15. The van der Waals surface area contributed by atoms with Crippen LogP contribution in [0.3, 0.4) is 0 Å². The van der Waals surface area contributed by atoms with Crippen LogP contribution in [0.2, 0.25) is 0 Å². The quantitative estimate of drug-likeness (QED) is 0.614. The number of nitrogens with zero attached hydrogens (tertiary/aromatic N) is 3. The van der Waals surface area contributed by atoms with Crippen LogP contribution in [0.4, 0.5) is 0 Å². The van der Waals surface area contributed by atoms with Crippen molar-refractivity contribution in [3.63, 3.8) is 0 Å². The molecule has 160 valence electrons. The summed E-state index contributed by atoms with van der Waals surface area (Å²) in [6, 6.07) is 8.10. The fourth-order valence-electron chi connectivity index (χ4n) is 3.97. The predicted octanol–water partition coefficient (Wildman–Crippen LogP) is 3.54. The lowest BCUT2D eigenvalue weighted by Crippen LogP contribution is -2.41. The topological polar surface area (TPSA) is 84.2 Å². The van der Waals surface area contributed by atoms with Crippen LogP contribution >= 0.6 is 0 Å². The molecular weight excluding hydrogens is 380 g/mol. The molecule has 1 aliphatic rings. The molecular formula is C23H30N4O3. The molecule has 1 fully saturated rings. The third-order valence-corrected chi connectivity index (χ3v) is 5.58. The van der Waals surface area contributed by atoms with E-state index in [-0.39, 0.29) is 12.0 Å². The molecule has 0 bridgehead atoms. The first-order valence-corrected chi connectivity index (χ1v) is 10.8. The van der Waals surface area contributed by atoms with E-state index < -0.39 is 0 Å². The molecule has 30 heavy (non-hydrogen) atoms. The molecule has 0 saturated carbocycles. The largest absolute Gasteiger partial charge is 0.378 e. The van der Waals surface area contributed by atoms with E-state index in [9.17, 15) is 4.79 Å². The summed E-state index contributed by atoms with van der Waals surface area (Å²) in [5.74, 6) is 2.08. The predicted molar refractivity (Wildman–Crippen MR) is 114 cm³/mol. The second-order valence-corrected chi connectivity index (χ2v) is 8.44. The number of hydrogen-bond acceptors (Lipinski definition) is 5. The molecule has 7 nitrogen and oxygen atoms in total. The third-order valence-electron chi connectivity index (χ3n) is 5.58. The van der Waals surface area contributed by atoms with Crippen molar-refractivity contribution < 1.29 is 14.1 Å². The van der Waals surface area contributed by atoms with Gasteiger partial charge in [-0.1, -0.05) is 37.2 Å². The molecule has 3 aromatic rings. The average molecular weight is 411 g/mol. The number of H-pyrrole nitrogens is 1. The third kappa shape index (κ3) is 5.08. The van der Waals surface area contributed by atoms with Crippen LogP contribution in [-0.4, -0.2) is 51.7 Å². The minimum atomic E-state index is 0.183. The van der Waals surface area contributed by atoms with E-state index in [1.165, 1.54) is 0 Å². The van der Waals surface area contributed by atoms with Crippen LogP contribution < -0.4 is 0 Å². The maximum atomic E-state index is 12.7. The Morgan fingerprint density at radius 1 is 1.30 bits per heavy atom. The zero-order valence-electron chi connectivity index (χ0n) is 17.8. The molecule has 0 unspecified atom stereocenters. The normalized spacial score (nSPS) is 15.4. The smallest absolute Gasteiger partial charge is 0.227 e. The fourth-order valence-corrected chi connectivity index (χ4v) is 3.97. The Bertz CT molecular complexity index is 970. The van der Waals surface area contributed by atoms with Crippen molar-refractivity contribution in [2.75, 3.05) is 19.7 Å². The van der Waals surface area contributed by atoms with Crippen molar-refractivity contribution in [2.45, 2.75) is 52.1 Å². The van der Waals surface area contributed by atoms with Crippen LogP contribution in [-0.2, 0) is 28.8 Å². The Balaban J connectivity index is 1.19. The molecule has 7 heteroatoms. The van der Waals surface area contributed by atoms with Crippen molar-refractivity contribution in [1.82, 2.24) is 20.0 Å². The number of fused-ring (bicyclic) bond motifs is 1.